The molecular formula is C21H24N2O2. The number of carbonyl (C=O) groups is 2. The highest BCUT2D eigenvalue weighted by Crippen LogP contribution is 2.35. The summed E-state index contributed by atoms with van der Waals surface area (Å²) in [6.45, 7) is 2.72. The van der Waals surface area contributed by atoms with Crippen LogP contribution in [-0.4, -0.2) is 36.3 Å². The van der Waals surface area contributed by atoms with Crippen molar-refractivity contribution in [2.24, 2.45) is 0 Å². The van der Waals surface area contributed by atoms with Gasteiger partial charge < -0.3 is 10.2 Å². The molecule has 0 unspecified atom stereocenters. The van der Waals surface area contributed by atoms with Crippen molar-refractivity contribution in [3.05, 3.63) is 71.3 Å². The quantitative estimate of drug-likeness (QED) is 0.876. The number of hydrogen-bond acceptors (Lipinski definition) is 2. The number of rotatable bonds is 3. The van der Waals surface area contributed by atoms with Crippen molar-refractivity contribution >= 4 is 11.8 Å². The summed E-state index contributed by atoms with van der Waals surface area (Å²) in [5, 5.41) is 2.54. The van der Waals surface area contributed by atoms with Gasteiger partial charge in [-0.3, -0.25) is 9.59 Å². The van der Waals surface area contributed by atoms with Crippen LogP contribution in [0, 0.1) is 0 Å². The highest BCUT2D eigenvalue weighted by molar-refractivity contribution is 5.97. The molecule has 2 aromatic rings. The lowest BCUT2D eigenvalue weighted by Crippen LogP contribution is -2.43. The average molecular weight is 336 g/mol. The molecule has 4 nitrogen and oxygen atoms in total. The first-order valence-corrected chi connectivity index (χ1v) is 8.74. The topological polar surface area (TPSA) is 49.4 Å². The molecule has 2 amide bonds. The summed E-state index contributed by atoms with van der Waals surface area (Å²) < 4.78 is 0. The predicted octanol–water partition coefficient (Wildman–Crippen LogP) is 2.73. The van der Waals surface area contributed by atoms with Gasteiger partial charge in [0.15, 0.2) is 0 Å². The number of fused-ring (bicyclic) bond motifs is 1. The van der Waals surface area contributed by atoms with E-state index >= 15 is 0 Å². The van der Waals surface area contributed by atoms with E-state index in [4.69, 9.17) is 0 Å². The second-order valence-corrected chi connectivity index (χ2v) is 6.51. The van der Waals surface area contributed by atoms with E-state index in [1.165, 1.54) is 16.7 Å². The normalized spacial score (nSPS) is 19.7. The molecule has 130 valence electrons. The van der Waals surface area contributed by atoms with Crippen LogP contribution in [-0.2, 0) is 16.0 Å². The summed E-state index contributed by atoms with van der Waals surface area (Å²) in [5.41, 5.74) is 3.75. The molecule has 1 aliphatic rings. The molecule has 25 heavy (non-hydrogen) atoms. The number of carbonyl (C=O) groups excluding carboxylic acids is 2. The minimum absolute atomic E-state index is 0.0109. The Labute approximate surface area is 148 Å². The van der Waals surface area contributed by atoms with E-state index in [2.05, 4.69) is 42.6 Å². The molecule has 0 radical (unpaired) electrons. The third kappa shape index (κ3) is 3.58. The monoisotopic (exact) mass is 336 g/mol. The zero-order valence-corrected chi connectivity index (χ0v) is 14.7. The van der Waals surface area contributed by atoms with E-state index in [1.54, 1.807) is 7.05 Å². The standard InChI is InChI=1S/C21H24N2O2/c1-15-21(17-9-4-3-5-10-17)18-11-7-6-8-16(18)12-13-23(15)20(25)14-19(24)22-2/h3-11,15,21H,12-14H2,1-2H3,(H,22,24)/t15-,21+/m1/s1. The Morgan fingerprint density at radius 3 is 2.48 bits per heavy atom. The van der Waals surface area contributed by atoms with Crippen LogP contribution in [0.2, 0.25) is 0 Å². The van der Waals surface area contributed by atoms with Crippen LogP contribution in [0.5, 0.6) is 0 Å². The summed E-state index contributed by atoms with van der Waals surface area (Å²) >= 11 is 0. The van der Waals surface area contributed by atoms with Gasteiger partial charge in [0.05, 0.1) is 0 Å². The Hall–Kier alpha value is -2.62. The first kappa shape index (κ1) is 17.2. The second-order valence-electron chi connectivity index (χ2n) is 6.51. The minimum Gasteiger partial charge on any atom is -0.359 e. The van der Waals surface area contributed by atoms with Crippen LogP contribution in [0.1, 0.15) is 36.0 Å². The van der Waals surface area contributed by atoms with E-state index in [0.29, 0.717) is 6.54 Å². The van der Waals surface area contributed by atoms with E-state index < -0.39 is 0 Å². The van der Waals surface area contributed by atoms with Gasteiger partial charge >= 0.3 is 0 Å². The molecule has 4 heteroatoms. The molecule has 1 N–H and O–H groups in total. The fourth-order valence-electron chi connectivity index (χ4n) is 3.75. The van der Waals surface area contributed by atoms with Crippen molar-refractivity contribution in [1.82, 2.24) is 10.2 Å². The van der Waals surface area contributed by atoms with Crippen molar-refractivity contribution < 1.29 is 9.59 Å². The van der Waals surface area contributed by atoms with Gasteiger partial charge in [-0.05, 0) is 30.0 Å². The number of hydrogen-bond donors (Lipinski definition) is 1. The van der Waals surface area contributed by atoms with Crippen LogP contribution >= 0.6 is 0 Å². The maximum Gasteiger partial charge on any atom is 0.232 e. The Morgan fingerprint density at radius 1 is 1.08 bits per heavy atom. The van der Waals surface area contributed by atoms with Crippen molar-refractivity contribution in [3.8, 4) is 0 Å². The lowest BCUT2D eigenvalue weighted by molar-refractivity contribution is -0.137. The zero-order valence-electron chi connectivity index (χ0n) is 14.7. The van der Waals surface area contributed by atoms with Crippen molar-refractivity contribution in [2.45, 2.75) is 31.7 Å². The number of nitrogens with one attached hydrogen (secondary N) is 1. The Morgan fingerprint density at radius 2 is 1.76 bits per heavy atom. The summed E-state index contributed by atoms with van der Waals surface area (Å²) in [5.74, 6) is -0.246. The molecule has 0 spiro atoms. The van der Waals surface area contributed by atoms with Crippen LogP contribution in [0.3, 0.4) is 0 Å². The third-order valence-electron chi connectivity index (χ3n) is 5.06. The Balaban J connectivity index is 1.99. The lowest BCUT2D eigenvalue weighted by Gasteiger charge is -2.33. The molecule has 0 aromatic heterocycles. The molecule has 1 heterocycles. The van der Waals surface area contributed by atoms with Gasteiger partial charge in [-0.15, -0.1) is 0 Å². The molecule has 2 aromatic carbocycles. The maximum absolute atomic E-state index is 12.7. The second kappa shape index (κ2) is 7.51. The Bertz CT molecular complexity index is 758. The fraction of sp³-hybridized carbons (Fsp3) is 0.333. The Kier molecular flexibility index (Phi) is 5.17. The fourth-order valence-corrected chi connectivity index (χ4v) is 3.75. The first-order chi connectivity index (χ1) is 12.1. The van der Waals surface area contributed by atoms with E-state index in [9.17, 15) is 9.59 Å². The van der Waals surface area contributed by atoms with Crippen molar-refractivity contribution in [1.29, 1.82) is 0 Å². The van der Waals surface area contributed by atoms with Gasteiger partial charge in [-0.2, -0.15) is 0 Å². The number of amides is 2. The number of nitrogens with zero attached hydrogens (tertiary/aromatic N) is 1. The maximum atomic E-state index is 12.7. The van der Waals surface area contributed by atoms with Gasteiger partial charge in [0.1, 0.15) is 6.42 Å². The molecule has 0 aliphatic carbocycles. The molecule has 0 fully saturated rings. The molecule has 1 aliphatic heterocycles. The summed E-state index contributed by atoms with van der Waals surface area (Å²) in [6.07, 6.45) is 0.710. The first-order valence-electron chi connectivity index (χ1n) is 8.74. The van der Waals surface area contributed by atoms with Gasteiger partial charge in [0.25, 0.3) is 0 Å². The molecule has 0 saturated heterocycles. The highest BCUT2D eigenvalue weighted by Gasteiger charge is 2.33. The van der Waals surface area contributed by atoms with Gasteiger partial charge in [-0.1, -0.05) is 54.6 Å². The lowest BCUT2D eigenvalue weighted by atomic mass is 9.83. The average Bonchev–Trinajstić information content (AvgIpc) is 2.78. The van der Waals surface area contributed by atoms with E-state index in [1.807, 2.05) is 29.2 Å². The van der Waals surface area contributed by atoms with Crippen LogP contribution in [0.25, 0.3) is 0 Å². The summed E-state index contributed by atoms with van der Waals surface area (Å²) in [7, 11) is 1.56. The molecule has 3 rings (SSSR count). The number of benzene rings is 2. The molecular weight excluding hydrogens is 312 g/mol. The molecule has 2 atom stereocenters. The van der Waals surface area contributed by atoms with Gasteiger partial charge in [0, 0.05) is 25.6 Å². The highest BCUT2D eigenvalue weighted by atomic mass is 16.2. The van der Waals surface area contributed by atoms with Gasteiger partial charge in [0.2, 0.25) is 11.8 Å². The minimum atomic E-state index is -0.241. The third-order valence-corrected chi connectivity index (χ3v) is 5.06. The smallest absolute Gasteiger partial charge is 0.232 e. The van der Waals surface area contributed by atoms with Crippen LogP contribution < -0.4 is 5.32 Å². The SMILES string of the molecule is CNC(=O)CC(=O)N1CCc2ccccc2[C@H](c2ccccc2)[C@H]1C. The van der Waals surface area contributed by atoms with Gasteiger partial charge in [-0.25, -0.2) is 0 Å². The van der Waals surface area contributed by atoms with Crippen molar-refractivity contribution in [3.63, 3.8) is 0 Å². The summed E-state index contributed by atoms with van der Waals surface area (Å²) in [6, 6.07) is 18.7. The molecule has 0 bridgehead atoms. The van der Waals surface area contributed by atoms with Crippen molar-refractivity contribution in [2.75, 3.05) is 13.6 Å². The van der Waals surface area contributed by atoms with E-state index in [-0.39, 0.29) is 30.2 Å². The van der Waals surface area contributed by atoms with E-state index in [0.717, 1.165) is 6.42 Å². The zero-order chi connectivity index (χ0) is 17.8. The van der Waals surface area contributed by atoms with Crippen LogP contribution in [0.4, 0.5) is 0 Å². The predicted molar refractivity (Wildman–Crippen MR) is 98.3 cm³/mol. The molecule has 0 saturated carbocycles. The summed E-state index contributed by atoms with van der Waals surface area (Å²) in [4.78, 5) is 26.3. The van der Waals surface area contributed by atoms with Crippen LogP contribution in [0.15, 0.2) is 54.6 Å². The largest absolute Gasteiger partial charge is 0.359 e.